The molecule has 0 saturated heterocycles. The molecule has 0 spiro atoms. The van der Waals surface area contributed by atoms with Crippen LogP contribution in [0.1, 0.15) is 17.3 Å². The van der Waals surface area contributed by atoms with Crippen LogP contribution in [0, 0.1) is 0 Å². The number of carbonyl (C=O) groups excluding carboxylic acids is 2. The lowest BCUT2D eigenvalue weighted by Crippen LogP contribution is -2.49. The topological polar surface area (TPSA) is 97.9 Å². The SMILES string of the molecule is CCOCC(=O)NNC(=S)NC(=O)c1ccc(OCCOc2ccccc2)cc1. The fraction of sp³-hybridized carbons (Fsp3) is 0.250. The molecule has 2 aromatic rings. The van der Waals surface area contributed by atoms with Crippen LogP contribution in [-0.2, 0) is 9.53 Å². The van der Waals surface area contributed by atoms with E-state index in [0.29, 0.717) is 31.1 Å². The second-order valence-corrected chi connectivity index (χ2v) is 6.04. The molecule has 0 heterocycles. The third kappa shape index (κ3) is 8.58. The van der Waals surface area contributed by atoms with Gasteiger partial charge in [0.05, 0.1) is 0 Å². The van der Waals surface area contributed by atoms with Crippen molar-refractivity contribution in [2.75, 3.05) is 26.4 Å². The number of thiocarbonyl (C=S) groups is 1. The smallest absolute Gasteiger partial charge is 0.264 e. The molecule has 0 bridgehead atoms. The molecule has 0 fully saturated rings. The Morgan fingerprint density at radius 3 is 2.14 bits per heavy atom. The van der Waals surface area contributed by atoms with Crippen molar-refractivity contribution in [3.63, 3.8) is 0 Å². The number of hydrogen-bond acceptors (Lipinski definition) is 6. The number of nitrogens with one attached hydrogen (secondary N) is 3. The van der Waals surface area contributed by atoms with Gasteiger partial charge >= 0.3 is 0 Å². The average molecular weight is 417 g/mol. The normalized spacial score (nSPS) is 9.97. The maximum Gasteiger partial charge on any atom is 0.264 e. The second kappa shape index (κ2) is 12.3. The summed E-state index contributed by atoms with van der Waals surface area (Å²) in [6.45, 7) is 2.88. The highest BCUT2D eigenvalue weighted by Gasteiger charge is 2.09. The highest BCUT2D eigenvalue weighted by atomic mass is 32.1. The van der Waals surface area contributed by atoms with Crippen molar-refractivity contribution >= 4 is 29.1 Å². The lowest BCUT2D eigenvalue weighted by Gasteiger charge is -2.11. The summed E-state index contributed by atoms with van der Waals surface area (Å²) in [5.74, 6) is 0.575. The van der Waals surface area contributed by atoms with Crippen LogP contribution < -0.4 is 25.6 Å². The summed E-state index contributed by atoms with van der Waals surface area (Å²) < 4.78 is 16.1. The molecule has 8 nitrogen and oxygen atoms in total. The van der Waals surface area contributed by atoms with Crippen molar-refractivity contribution in [3.05, 3.63) is 60.2 Å². The highest BCUT2D eigenvalue weighted by Crippen LogP contribution is 2.13. The Kier molecular flexibility index (Phi) is 9.40. The van der Waals surface area contributed by atoms with Crippen molar-refractivity contribution in [2.45, 2.75) is 6.92 Å². The van der Waals surface area contributed by atoms with Gasteiger partial charge in [-0.2, -0.15) is 0 Å². The molecule has 154 valence electrons. The minimum Gasteiger partial charge on any atom is -0.490 e. The van der Waals surface area contributed by atoms with Crippen molar-refractivity contribution < 1.29 is 23.8 Å². The second-order valence-electron chi connectivity index (χ2n) is 5.63. The van der Waals surface area contributed by atoms with Gasteiger partial charge in [0.1, 0.15) is 31.3 Å². The standard InChI is InChI=1S/C20H23N3O5S/c1-2-26-14-18(24)22-23-20(29)21-19(25)15-8-10-17(11-9-15)28-13-12-27-16-6-4-3-5-7-16/h3-11H,2,12-14H2,1H3,(H,22,24)(H2,21,23,25,29). The number of ether oxygens (including phenoxy) is 3. The zero-order chi connectivity index (χ0) is 20.9. The van der Waals surface area contributed by atoms with E-state index in [1.54, 1.807) is 31.2 Å². The van der Waals surface area contributed by atoms with Gasteiger partial charge in [-0.3, -0.25) is 25.8 Å². The van der Waals surface area contributed by atoms with E-state index in [-0.39, 0.29) is 11.7 Å². The fourth-order valence-electron chi connectivity index (χ4n) is 2.10. The Bertz CT molecular complexity index is 800. The first-order valence-corrected chi connectivity index (χ1v) is 9.38. The predicted molar refractivity (Wildman–Crippen MR) is 112 cm³/mol. The van der Waals surface area contributed by atoms with Gasteiger partial charge in [-0.25, -0.2) is 0 Å². The Morgan fingerprint density at radius 1 is 0.897 bits per heavy atom. The summed E-state index contributed by atoms with van der Waals surface area (Å²) in [5.41, 5.74) is 5.15. The molecule has 29 heavy (non-hydrogen) atoms. The minimum absolute atomic E-state index is 0.0294. The predicted octanol–water partition coefficient (Wildman–Crippen LogP) is 1.82. The monoisotopic (exact) mass is 417 g/mol. The van der Waals surface area contributed by atoms with E-state index >= 15 is 0 Å². The summed E-state index contributed by atoms with van der Waals surface area (Å²) in [6.07, 6.45) is 0. The molecule has 0 unspecified atom stereocenters. The van der Waals surface area contributed by atoms with Crippen LogP contribution in [0.4, 0.5) is 0 Å². The maximum atomic E-state index is 12.2. The Labute approximate surface area is 174 Å². The van der Waals surface area contributed by atoms with Gasteiger partial charge < -0.3 is 14.2 Å². The van der Waals surface area contributed by atoms with Crippen LogP contribution >= 0.6 is 12.2 Å². The first-order chi connectivity index (χ1) is 14.1. The summed E-state index contributed by atoms with van der Waals surface area (Å²) >= 11 is 4.96. The van der Waals surface area contributed by atoms with Gasteiger partial charge in [-0.05, 0) is 55.5 Å². The Hall–Kier alpha value is -3.17. The lowest BCUT2D eigenvalue weighted by molar-refractivity contribution is -0.126. The summed E-state index contributed by atoms with van der Waals surface area (Å²) in [5, 5.41) is 2.43. The number of hydrazine groups is 1. The number of amides is 2. The third-order valence-electron chi connectivity index (χ3n) is 3.46. The first-order valence-electron chi connectivity index (χ1n) is 8.97. The molecule has 0 aromatic heterocycles. The third-order valence-corrected chi connectivity index (χ3v) is 3.66. The zero-order valence-corrected chi connectivity index (χ0v) is 16.8. The summed E-state index contributed by atoms with van der Waals surface area (Å²) in [7, 11) is 0. The van der Waals surface area contributed by atoms with Crippen LogP contribution in [0.3, 0.4) is 0 Å². The number of benzene rings is 2. The van der Waals surface area contributed by atoms with Crippen molar-refractivity contribution in [3.8, 4) is 11.5 Å². The van der Waals surface area contributed by atoms with Gasteiger partial charge in [-0.15, -0.1) is 0 Å². The molecule has 2 aromatic carbocycles. The number of para-hydroxylation sites is 1. The van der Waals surface area contributed by atoms with Crippen molar-refractivity contribution in [1.29, 1.82) is 0 Å². The van der Waals surface area contributed by atoms with E-state index in [0.717, 1.165) is 5.75 Å². The van der Waals surface area contributed by atoms with Crippen molar-refractivity contribution in [2.24, 2.45) is 0 Å². The van der Waals surface area contributed by atoms with E-state index in [1.807, 2.05) is 30.3 Å². The lowest BCUT2D eigenvalue weighted by atomic mass is 10.2. The first kappa shape index (κ1) is 22.1. The molecular weight excluding hydrogens is 394 g/mol. The average Bonchev–Trinajstić information content (AvgIpc) is 2.75. The summed E-state index contributed by atoms with van der Waals surface area (Å²) in [4.78, 5) is 23.6. The molecule has 9 heteroatoms. The molecular formula is C20H23N3O5S. The maximum absolute atomic E-state index is 12.2. The molecule has 2 rings (SSSR count). The van der Waals surface area contributed by atoms with Crippen LogP contribution in [-0.4, -0.2) is 43.4 Å². The quantitative estimate of drug-likeness (QED) is 0.325. The molecule has 0 aliphatic carbocycles. The van der Waals surface area contributed by atoms with Gasteiger partial charge in [0.2, 0.25) is 0 Å². The zero-order valence-electron chi connectivity index (χ0n) is 16.0. The number of hydrogen-bond donors (Lipinski definition) is 3. The number of carbonyl (C=O) groups is 2. The van der Waals surface area contributed by atoms with Crippen LogP contribution in [0.2, 0.25) is 0 Å². The van der Waals surface area contributed by atoms with Crippen LogP contribution in [0.15, 0.2) is 54.6 Å². The van der Waals surface area contributed by atoms with Gasteiger partial charge in [0.25, 0.3) is 11.8 Å². The van der Waals surface area contributed by atoms with Gasteiger partial charge in [-0.1, -0.05) is 18.2 Å². The minimum atomic E-state index is -0.416. The fourth-order valence-corrected chi connectivity index (χ4v) is 2.25. The molecule has 0 saturated carbocycles. The summed E-state index contributed by atoms with van der Waals surface area (Å²) in [6, 6.07) is 16.0. The van der Waals surface area contributed by atoms with E-state index in [9.17, 15) is 9.59 Å². The van der Waals surface area contributed by atoms with Crippen molar-refractivity contribution in [1.82, 2.24) is 16.2 Å². The van der Waals surface area contributed by atoms with E-state index < -0.39 is 11.8 Å². The number of rotatable bonds is 9. The molecule has 0 radical (unpaired) electrons. The van der Waals surface area contributed by atoms with Crippen LogP contribution in [0.25, 0.3) is 0 Å². The van der Waals surface area contributed by atoms with Gasteiger partial charge in [0, 0.05) is 12.2 Å². The molecule has 3 N–H and O–H groups in total. The van der Waals surface area contributed by atoms with E-state index in [2.05, 4.69) is 16.2 Å². The van der Waals surface area contributed by atoms with E-state index in [1.165, 1.54) is 0 Å². The largest absolute Gasteiger partial charge is 0.490 e. The van der Waals surface area contributed by atoms with Gasteiger partial charge in [0.15, 0.2) is 5.11 Å². The Balaban J connectivity index is 1.69. The molecule has 0 aliphatic rings. The van der Waals surface area contributed by atoms with Crippen LogP contribution in [0.5, 0.6) is 11.5 Å². The molecule has 0 atom stereocenters. The molecule has 0 aliphatic heterocycles. The molecule has 2 amide bonds. The van der Waals surface area contributed by atoms with E-state index in [4.69, 9.17) is 26.4 Å². The highest BCUT2D eigenvalue weighted by molar-refractivity contribution is 7.80. The Morgan fingerprint density at radius 2 is 1.52 bits per heavy atom.